The molecule has 2 amide bonds. The van der Waals surface area contributed by atoms with Crippen LogP contribution in [0.15, 0.2) is 29.2 Å². The maximum absolute atomic E-state index is 14.8. The predicted octanol–water partition coefficient (Wildman–Crippen LogP) is 1.34. The molecule has 28 heavy (non-hydrogen) atoms. The Morgan fingerprint density at radius 2 is 2.14 bits per heavy atom. The van der Waals surface area contributed by atoms with Crippen LogP contribution in [0.3, 0.4) is 0 Å². The third kappa shape index (κ3) is 3.08. The zero-order chi connectivity index (χ0) is 20.0. The van der Waals surface area contributed by atoms with Gasteiger partial charge in [-0.25, -0.2) is 14.0 Å². The van der Waals surface area contributed by atoms with Crippen LogP contribution in [-0.2, 0) is 23.1 Å². The van der Waals surface area contributed by atoms with Crippen LogP contribution in [0.1, 0.15) is 18.2 Å². The first kappa shape index (κ1) is 18.0. The van der Waals surface area contributed by atoms with Crippen molar-refractivity contribution in [2.45, 2.75) is 19.6 Å². The molecule has 1 saturated heterocycles. The van der Waals surface area contributed by atoms with Crippen molar-refractivity contribution < 1.29 is 18.7 Å². The maximum atomic E-state index is 14.8. The molecule has 3 heterocycles. The highest BCUT2D eigenvalue weighted by Gasteiger charge is 2.33. The number of hydrogen-bond donors (Lipinski definition) is 1. The molecule has 1 N–H and O–H groups in total. The molecule has 8 nitrogen and oxygen atoms in total. The van der Waals surface area contributed by atoms with E-state index < -0.39 is 18.0 Å². The number of benzene rings is 1. The summed E-state index contributed by atoms with van der Waals surface area (Å²) in [4.78, 5) is 36.4. The highest BCUT2D eigenvalue weighted by Crippen LogP contribution is 2.31. The maximum Gasteiger partial charge on any atom is 0.414 e. The van der Waals surface area contributed by atoms with Gasteiger partial charge in [-0.3, -0.25) is 14.3 Å². The monoisotopic (exact) mass is 386 g/mol. The van der Waals surface area contributed by atoms with Crippen LogP contribution < -0.4 is 15.9 Å². The summed E-state index contributed by atoms with van der Waals surface area (Å²) in [7, 11) is 1.67. The van der Waals surface area contributed by atoms with E-state index in [1.54, 1.807) is 36.0 Å². The zero-order valence-corrected chi connectivity index (χ0v) is 15.4. The van der Waals surface area contributed by atoms with Gasteiger partial charge in [0, 0.05) is 25.7 Å². The molecule has 1 atom stereocenters. The van der Waals surface area contributed by atoms with Gasteiger partial charge < -0.3 is 14.6 Å². The number of cyclic esters (lactones) is 1. The number of hydrogen-bond acceptors (Lipinski definition) is 4. The van der Waals surface area contributed by atoms with Crippen LogP contribution in [0.25, 0.3) is 11.6 Å². The molecule has 2 aliphatic rings. The van der Waals surface area contributed by atoms with Crippen LogP contribution >= 0.6 is 0 Å². The fraction of sp³-hybridized carbons (Fsp3) is 0.316. The summed E-state index contributed by atoms with van der Waals surface area (Å²) in [5, 5.41) is 2.60. The van der Waals surface area contributed by atoms with Gasteiger partial charge >= 0.3 is 11.8 Å². The average molecular weight is 386 g/mol. The van der Waals surface area contributed by atoms with Crippen molar-refractivity contribution in [1.29, 1.82) is 0 Å². The number of halogens is 1. The molecule has 2 aliphatic heterocycles. The largest absolute Gasteiger partial charge is 0.442 e. The molecule has 0 radical (unpaired) electrons. The number of amides is 2. The summed E-state index contributed by atoms with van der Waals surface area (Å²) in [6.45, 7) is 2.11. The molecule has 0 spiro atoms. The second-order valence-corrected chi connectivity index (χ2v) is 6.92. The Bertz CT molecular complexity index is 1070. The molecular weight excluding hydrogens is 367 g/mol. The Morgan fingerprint density at radius 3 is 2.82 bits per heavy atom. The first-order chi connectivity index (χ1) is 13.3. The number of ether oxygens (including phenoxy) is 1. The zero-order valence-electron chi connectivity index (χ0n) is 15.4. The standard InChI is InChI=1S/C19H19FN4O4/c1-11(25)21-7-15-10-24(19(27)28-15)13-3-4-16(17(20)6-13)12-5-14-9-22(2)18(26)23(14)8-12/h3-6,9,15H,7-8,10H2,1-2H3,(H,21,25)/t15-/m0/s1. The van der Waals surface area contributed by atoms with Gasteiger partial charge in [0.1, 0.15) is 11.9 Å². The van der Waals surface area contributed by atoms with E-state index in [1.807, 2.05) is 0 Å². The number of carbonyl (C=O) groups is 2. The summed E-state index contributed by atoms with van der Waals surface area (Å²) < 4.78 is 23.0. The molecule has 2 aromatic rings. The van der Waals surface area contributed by atoms with Gasteiger partial charge in [-0.15, -0.1) is 0 Å². The number of fused-ring (bicyclic) bond motifs is 1. The molecule has 1 aromatic heterocycles. The third-order valence-electron chi connectivity index (χ3n) is 4.88. The van der Waals surface area contributed by atoms with Crippen molar-refractivity contribution in [1.82, 2.24) is 14.5 Å². The SMILES string of the molecule is CC(=O)NC[C@H]1CN(c2ccc(C3=Cc4cn(C)c(=O)n4C3)c(F)c2)C(=O)O1. The Balaban J connectivity index is 1.53. The lowest BCUT2D eigenvalue weighted by atomic mass is 10.0. The minimum atomic E-state index is -0.581. The Kier molecular flexibility index (Phi) is 4.29. The molecule has 0 unspecified atom stereocenters. The highest BCUT2D eigenvalue weighted by molar-refractivity contribution is 5.91. The van der Waals surface area contributed by atoms with Crippen molar-refractivity contribution in [2.24, 2.45) is 7.05 Å². The summed E-state index contributed by atoms with van der Waals surface area (Å²) in [5.74, 6) is -0.695. The summed E-state index contributed by atoms with van der Waals surface area (Å²) in [5.41, 5.74) is 2.05. The van der Waals surface area contributed by atoms with E-state index in [0.29, 0.717) is 23.4 Å². The van der Waals surface area contributed by atoms with Gasteiger partial charge in [-0.2, -0.15) is 0 Å². The number of nitrogens with one attached hydrogen (secondary N) is 1. The molecule has 0 bridgehead atoms. The van der Waals surface area contributed by atoms with Crippen molar-refractivity contribution in [3.8, 4) is 0 Å². The number of nitrogens with zero attached hydrogens (tertiary/aromatic N) is 3. The smallest absolute Gasteiger partial charge is 0.414 e. The number of aromatic nitrogens is 2. The van der Waals surface area contributed by atoms with Gasteiger partial charge in [0.2, 0.25) is 5.91 Å². The number of allylic oxidation sites excluding steroid dienone is 1. The molecule has 0 saturated carbocycles. The number of imidazole rings is 1. The normalized spacial score (nSPS) is 18.1. The van der Waals surface area contributed by atoms with E-state index >= 15 is 0 Å². The summed E-state index contributed by atoms with van der Waals surface area (Å²) in [6.07, 6.45) is 2.42. The molecule has 1 aromatic carbocycles. The third-order valence-corrected chi connectivity index (χ3v) is 4.88. The quantitative estimate of drug-likeness (QED) is 0.859. The molecular formula is C19H19FN4O4. The number of rotatable bonds is 4. The number of carbonyl (C=O) groups excluding carboxylic acids is 2. The molecule has 4 rings (SSSR count). The van der Waals surface area contributed by atoms with Gasteiger partial charge in [-0.05, 0) is 29.8 Å². The second-order valence-electron chi connectivity index (χ2n) is 6.92. The summed E-state index contributed by atoms with van der Waals surface area (Å²) >= 11 is 0. The van der Waals surface area contributed by atoms with E-state index in [-0.39, 0.29) is 24.7 Å². The second kappa shape index (κ2) is 6.66. The highest BCUT2D eigenvalue weighted by atomic mass is 19.1. The van der Waals surface area contributed by atoms with Crippen molar-refractivity contribution in [2.75, 3.05) is 18.0 Å². The molecule has 146 valence electrons. The van der Waals surface area contributed by atoms with Crippen LogP contribution in [0.4, 0.5) is 14.9 Å². The Hall–Kier alpha value is -3.36. The van der Waals surface area contributed by atoms with E-state index in [4.69, 9.17) is 4.74 Å². The molecule has 0 aliphatic carbocycles. The Morgan fingerprint density at radius 1 is 1.36 bits per heavy atom. The lowest BCUT2D eigenvalue weighted by Gasteiger charge is -2.15. The van der Waals surface area contributed by atoms with E-state index in [2.05, 4.69) is 5.32 Å². The minimum Gasteiger partial charge on any atom is -0.442 e. The predicted molar refractivity (Wildman–Crippen MR) is 100 cm³/mol. The summed E-state index contributed by atoms with van der Waals surface area (Å²) in [6, 6.07) is 4.53. The van der Waals surface area contributed by atoms with E-state index in [9.17, 15) is 18.8 Å². The van der Waals surface area contributed by atoms with Crippen LogP contribution in [0, 0.1) is 5.82 Å². The van der Waals surface area contributed by atoms with Crippen molar-refractivity contribution in [3.63, 3.8) is 0 Å². The number of aryl methyl sites for hydroxylation is 1. The number of anilines is 1. The van der Waals surface area contributed by atoms with Crippen LogP contribution in [0.5, 0.6) is 0 Å². The first-order valence-corrected chi connectivity index (χ1v) is 8.82. The fourth-order valence-corrected chi connectivity index (χ4v) is 3.48. The van der Waals surface area contributed by atoms with Gasteiger partial charge in [-0.1, -0.05) is 0 Å². The first-order valence-electron chi connectivity index (χ1n) is 8.82. The van der Waals surface area contributed by atoms with E-state index in [1.165, 1.54) is 22.5 Å². The van der Waals surface area contributed by atoms with E-state index in [0.717, 1.165) is 5.69 Å². The van der Waals surface area contributed by atoms with Crippen LogP contribution in [-0.4, -0.2) is 40.3 Å². The van der Waals surface area contributed by atoms with Crippen molar-refractivity contribution >= 4 is 29.3 Å². The van der Waals surface area contributed by atoms with Gasteiger partial charge in [0.25, 0.3) is 0 Å². The molecule has 9 heteroatoms. The average Bonchev–Trinajstić information content (AvgIpc) is 3.29. The van der Waals surface area contributed by atoms with Crippen LogP contribution in [0.2, 0.25) is 0 Å². The molecule has 1 fully saturated rings. The lowest BCUT2D eigenvalue weighted by molar-refractivity contribution is -0.119. The minimum absolute atomic E-state index is 0.150. The fourth-order valence-electron chi connectivity index (χ4n) is 3.48. The Labute approximate surface area is 159 Å². The topological polar surface area (TPSA) is 85.6 Å². The van der Waals surface area contributed by atoms with Gasteiger partial charge in [0.15, 0.2) is 0 Å². The lowest BCUT2D eigenvalue weighted by Crippen LogP contribution is -2.33. The van der Waals surface area contributed by atoms with Crippen molar-refractivity contribution in [3.05, 3.63) is 52.0 Å². The van der Waals surface area contributed by atoms with Gasteiger partial charge in [0.05, 0.1) is 31.0 Å².